The second-order valence-corrected chi connectivity index (χ2v) is 6.79. The van der Waals surface area contributed by atoms with E-state index in [0.717, 1.165) is 12.0 Å². The van der Waals surface area contributed by atoms with Crippen LogP contribution in [0.25, 0.3) is 11.0 Å². The van der Waals surface area contributed by atoms with Gasteiger partial charge in [-0.2, -0.15) is 0 Å². The van der Waals surface area contributed by atoms with Crippen LogP contribution in [0.1, 0.15) is 42.1 Å². The molecule has 29 heavy (non-hydrogen) atoms. The van der Waals surface area contributed by atoms with Crippen molar-refractivity contribution in [1.29, 1.82) is 0 Å². The number of carbonyl (C=O) groups excluding carboxylic acids is 2. The molecule has 2 atom stereocenters. The van der Waals surface area contributed by atoms with E-state index in [2.05, 4.69) is 5.32 Å². The molecular weight excluding hydrogens is 370 g/mol. The van der Waals surface area contributed by atoms with Gasteiger partial charge in [0.25, 0.3) is 5.91 Å². The van der Waals surface area contributed by atoms with Crippen LogP contribution in [-0.4, -0.2) is 24.5 Å². The standard InChI is InChI=1S/C23H23NO5/c1-3-16(17-9-5-4-6-10-17)14-24-21(25)15(2)28-22(26)19-13-18-11-7-8-12-20(18)29-23(19)27/h4-13,15-16H,3,14H2,1-2H3,(H,24,25)/t15-,16-/m1/s1. The third-order valence-corrected chi connectivity index (χ3v) is 4.80. The topological polar surface area (TPSA) is 85.6 Å². The van der Waals surface area contributed by atoms with Gasteiger partial charge in [-0.1, -0.05) is 55.5 Å². The minimum absolute atomic E-state index is 0.163. The minimum Gasteiger partial charge on any atom is -0.449 e. The van der Waals surface area contributed by atoms with Crippen LogP contribution in [0.15, 0.2) is 69.9 Å². The van der Waals surface area contributed by atoms with Gasteiger partial charge >= 0.3 is 11.6 Å². The largest absolute Gasteiger partial charge is 0.449 e. The molecule has 0 aliphatic heterocycles. The molecule has 0 fully saturated rings. The Bertz CT molecular complexity index is 1060. The molecule has 0 bridgehead atoms. The summed E-state index contributed by atoms with van der Waals surface area (Å²) in [5, 5.41) is 3.42. The number of amides is 1. The number of carbonyl (C=O) groups is 2. The fourth-order valence-electron chi connectivity index (χ4n) is 3.07. The molecule has 3 rings (SSSR count). The van der Waals surface area contributed by atoms with Crippen molar-refractivity contribution in [2.45, 2.75) is 32.3 Å². The Morgan fingerprint density at radius 3 is 2.48 bits per heavy atom. The molecule has 0 saturated carbocycles. The Labute approximate surface area is 168 Å². The number of ether oxygens (including phenoxy) is 1. The first-order valence-corrected chi connectivity index (χ1v) is 9.56. The molecule has 0 aliphatic carbocycles. The lowest BCUT2D eigenvalue weighted by Gasteiger charge is -2.18. The lowest BCUT2D eigenvalue weighted by atomic mass is 9.96. The van der Waals surface area contributed by atoms with Crippen molar-refractivity contribution in [2.75, 3.05) is 6.54 Å². The Morgan fingerprint density at radius 2 is 1.76 bits per heavy atom. The fraction of sp³-hybridized carbons (Fsp3) is 0.261. The zero-order valence-corrected chi connectivity index (χ0v) is 16.4. The molecular formula is C23H23NO5. The van der Waals surface area contributed by atoms with Crippen molar-refractivity contribution in [3.05, 3.63) is 82.2 Å². The molecule has 6 heteroatoms. The summed E-state index contributed by atoms with van der Waals surface area (Å²) in [5.41, 5.74) is 0.482. The van der Waals surface area contributed by atoms with Gasteiger partial charge in [0, 0.05) is 17.8 Å². The Morgan fingerprint density at radius 1 is 1.07 bits per heavy atom. The number of para-hydroxylation sites is 1. The SMILES string of the molecule is CC[C@H](CNC(=O)[C@@H](C)OC(=O)c1cc2ccccc2oc1=O)c1ccccc1. The zero-order valence-electron chi connectivity index (χ0n) is 16.4. The van der Waals surface area contributed by atoms with Crippen LogP contribution in [0.2, 0.25) is 0 Å². The summed E-state index contributed by atoms with van der Waals surface area (Å²) in [7, 11) is 0. The van der Waals surface area contributed by atoms with Crippen LogP contribution in [0.5, 0.6) is 0 Å². The van der Waals surface area contributed by atoms with E-state index >= 15 is 0 Å². The first-order valence-electron chi connectivity index (χ1n) is 9.56. The third-order valence-electron chi connectivity index (χ3n) is 4.80. The Kier molecular flexibility index (Phi) is 6.44. The summed E-state index contributed by atoms with van der Waals surface area (Å²) < 4.78 is 10.3. The number of rotatable bonds is 7. The van der Waals surface area contributed by atoms with Crippen LogP contribution >= 0.6 is 0 Å². The van der Waals surface area contributed by atoms with E-state index < -0.39 is 23.6 Å². The van der Waals surface area contributed by atoms with Gasteiger partial charge in [-0.05, 0) is 31.0 Å². The number of nitrogens with one attached hydrogen (secondary N) is 1. The van der Waals surface area contributed by atoms with Crippen molar-refractivity contribution >= 4 is 22.8 Å². The lowest BCUT2D eigenvalue weighted by Crippen LogP contribution is -2.38. The third kappa shape index (κ3) is 4.90. The average molecular weight is 393 g/mol. The molecule has 1 amide bonds. The van der Waals surface area contributed by atoms with Crippen molar-refractivity contribution in [3.8, 4) is 0 Å². The lowest BCUT2D eigenvalue weighted by molar-refractivity contribution is -0.129. The minimum atomic E-state index is -1.04. The molecule has 150 valence electrons. The maximum absolute atomic E-state index is 12.4. The highest BCUT2D eigenvalue weighted by Crippen LogP contribution is 2.18. The Hall–Kier alpha value is -3.41. The number of fused-ring (bicyclic) bond motifs is 1. The van der Waals surface area contributed by atoms with Gasteiger partial charge < -0.3 is 14.5 Å². The molecule has 0 saturated heterocycles. The van der Waals surface area contributed by atoms with Crippen LogP contribution in [0.3, 0.4) is 0 Å². The van der Waals surface area contributed by atoms with Crippen LogP contribution in [-0.2, 0) is 9.53 Å². The van der Waals surface area contributed by atoms with Gasteiger partial charge in [0.15, 0.2) is 6.10 Å². The van der Waals surface area contributed by atoms with E-state index in [-0.39, 0.29) is 11.5 Å². The molecule has 1 N–H and O–H groups in total. The van der Waals surface area contributed by atoms with E-state index in [9.17, 15) is 14.4 Å². The number of hydrogen-bond donors (Lipinski definition) is 1. The van der Waals surface area contributed by atoms with Crippen LogP contribution in [0.4, 0.5) is 0 Å². The first kappa shape index (κ1) is 20.3. The highest BCUT2D eigenvalue weighted by molar-refractivity contribution is 5.94. The summed E-state index contributed by atoms with van der Waals surface area (Å²) in [6, 6.07) is 18.2. The van der Waals surface area contributed by atoms with Crippen molar-refractivity contribution in [1.82, 2.24) is 5.32 Å². The molecule has 0 unspecified atom stereocenters. The van der Waals surface area contributed by atoms with E-state index in [1.54, 1.807) is 24.3 Å². The zero-order chi connectivity index (χ0) is 20.8. The molecule has 1 heterocycles. The van der Waals surface area contributed by atoms with Crippen LogP contribution < -0.4 is 10.9 Å². The van der Waals surface area contributed by atoms with Gasteiger partial charge in [-0.3, -0.25) is 4.79 Å². The average Bonchev–Trinajstić information content (AvgIpc) is 2.74. The van der Waals surface area contributed by atoms with Gasteiger partial charge in [0.1, 0.15) is 11.1 Å². The Balaban J connectivity index is 1.62. The van der Waals surface area contributed by atoms with Crippen molar-refractivity contribution in [2.24, 2.45) is 0 Å². The predicted molar refractivity (Wildman–Crippen MR) is 110 cm³/mol. The van der Waals surface area contributed by atoms with Crippen molar-refractivity contribution in [3.63, 3.8) is 0 Å². The highest BCUT2D eigenvalue weighted by Gasteiger charge is 2.22. The predicted octanol–water partition coefficient (Wildman–Crippen LogP) is 3.65. The molecule has 1 aromatic heterocycles. The van der Waals surface area contributed by atoms with Crippen LogP contribution in [0, 0.1) is 0 Å². The fourth-order valence-corrected chi connectivity index (χ4v) is 3.07. The maximum Gasteiger partial charge on any atom is 0.351 e. The molecule has 0 radical (unpaired) electrons. The first-order chi connectivity index (χ1) is 14.0. The number of esters is 1. The molecule has 6 nitrogen and oxygen atoms in total. The summed E-state index contributed by atoms with van der Waals surface area (Å²) in [6.07, 6.45) is -0.182. The summed E-state index contributed by atoms with van der Waals surface area (Å²) >= 11 is 0. The second-order valence-electron chi connectivity index (χ2n) is 6.79. The highest BCUT2D eigenvalue weighted by atomic mass is 16.5. The molecule has 0 aliphatic rings. The molecule has 0 spiro atoms. The van der Waals surface area contributed by atoms with Gasteiger partial charge in [-0.15, -0.1) is 0 Å². The second kappa shape index (κ2) is 9.19. The summed E-state index contributed by atoms with van der Waals surface area (Å²) in [6.45, 7) is 3.95. The summed E-state index contributed by atoms with van der Waals surface area (Å²) in [4.78, 5) is 36.8. The summed E-state index contributed by atoms with van der Waals surface area (Å²) in [5.74, 6) is -1.14. The van der Waals surface area contributed by atoms with E-state index in [0.29, 0.717) is 17.5 Å². The van der Waals surface area contributed by atoms with Gasteiger partial charge in [0.2, 0.25) is 0 Å². The number of hydrogen-bond acceptors (Lipinski definition) is 5. The quantitative estimate of drug-likeness (QED) is 0.489. The number of benzene rings is 2. The van der Waals surface area contributed by atoms with E-state index in [1.807, 2.05) is 37.3 Å². The normalized spacial score (nSPS) is 12.9. The van der Waals surface area contributed by atoms with Gasteiger partial charge in [-0.25, -0.2) is 9.59 Å². The van der Waals surface area contributed by atoms with E-state index in [1.165, 1.54) is 13.0 Å². The smallest absolute Gasteiger partial charge is 0.351 e. The monoisotopic (exact) mass is 393 g/mol. The maximum atomic E-state index is 12.4. The van der Waals surface area contributed by atoms with Crippen molar-refractivity contribution < 1.29 is 18.7 Å². The van der Waals surface area contributed by atoms with Gasteiger partial charge in [0.05, 0.1) is 0 Å². The molecule has 3 aromatic rings. The van der Waals surface area contributed by atoms with E-state index in [4.69, 9.17) is 9.15 Å². The molecule has 2 aromatic carbocycles.